The minimum absolute atomic E-state index is 0.107. The van der Waals surface area contributed by atoms with Gasteiger partial charge >= 0.3 is 6.03 Å². The van der Waals surface area contributed by atoms with E-state index in [2.05, 4.69) is 10.6 Å². The van der Waals surface area contributed by atoms with Gasteiger partial charge in [0, 0.05) is 6.04 Å². The maximum Gasteiger partial charge on any atom is 0.312 e. The Hall–Kier alpha value is -1.26. The van der Waals surface area contributed by atoms with E-state index >= 15 is 0 Å². The summed E-state index contributed by atoms with van der Waals surface area (Å²) in [6.45, 7) is 4.02. The van der Waals surface area contributed by atoms with E-state index in [9.17, 15) is 9.59 Å². The first kappa shape index (κ1) is 13.8. The molecule has 1 aliphatic rings. The van der Waals surface area contributed by atoms with Crippen molar-refractivity contribution in [2.75, 3.05) is 0 Å². The Kier molecular flexibility index (Phi) is 5.25. The van der Waals surface area contributed by atoms with Crippen LogP contribution in [0.1, 0.15) is 46.0 Å². The van der Waals surface area contributed by atoms with Crippen molar-refractivity contribution in [1.82, 2.24) is 10.6 Å². The van der Waals surface area contributed by atoms with Crippen LogP contribution in [0.15, 0.2) is 0 Å². The van der Waals surface area contributed by atoms with Gasteiger partial charge < -0.3 is 16.4 Å². The summed E-state index contributed by atoms with van der Waals surface area (Å²) in [6.07, 6.45) is 5.03. The van der Waals surface area contributed by atoms with E-state index in [0.29, 0.717) is 12.3 Å². The Bertz CT molecular complexity index is 273. The highest BCUT2D eigenvalue weighted by molar-refractivity contribution is 5.86. The molecule has 0 spiro atoms. The van der Waals surface area contributed by atoms with E-state index in [1.165, 1.54) is 12.8 Å². The molecule has 0 aromatic rings. The molecular weight excluding hydrogens is 218 g/mol. The van der Waals surface area contributed by atoms with Crippen molar-refractivity contribution in [2.45, 2.75) is 58.0 Å². The maximum absolute atomic E-state index is 12.0. The third kappa shape index (κ3) is 5.06. The monoisotopic (exact) mass is 241 g/mol. The van der Waals surface area contributed by atoms with Crippen LogP contribution in [0.25, 0.3) is 0 Å². The van der Waals surface area contributed by atoms with Crippen molar-refractivity contribution >= 4 is 11.9 Å². The molecule has 0 aromatic heterocycles. The lowest BCUT2D eigenvalue weighted by Crippen LogP contribution is -2.51. The Morgan fingerprint density at radius 1 is 1.29 bits per heavy atom. The summed E-state index contributed by atoms with van der Waals surface area (Å²) in [4.78, 5) is 22.9. The van der Waals surface area contributed by atoms with Crippen LogP contribution in [-0.4, -0.2) is 24.0 Å². The maximum atomic E-state index is 12.0. The summed E-state index contributed by atoms with van der Waals surface area (Å²) in [5, 5.41) is 5.49. The zero-order chi connectivity index (χ0) is 12.8. The summed E-state index contributed by atoms with van der Waals surface area (Å²) in [5.41, 5.74) is 5.08. The average Bonchev–Trinajstić information content (AvgIpc) is 2.67. The predicted molar refractivity (Wildman–Crippen MR) is 66.4 cm³/mol. The van der Waals surface area contributed by atoms with E-state index < -0.39 is 12.1 Å². The largest absolute Gasteiger partial charge is 0.352 e. The van der Waals surface area contributed by atoms with Crippen molar-refractivity contribution < 1.29 is 9.59 Å². The van der Waals surface area contributed by atoms with Crippen LogP contribution in [0.2, 0.25) is 0 Å². The smallest absolute Gasteiger partial charge is 0.312 e. The van der Waals surface area contributed by atoms with Crippen molar-refractivity contribution in [1.29, 1.82) is 0 Å². The van der Waals surface area contributed by atoms with Crippen LogP contribution in [0.4, 0.5) is 4.79 Å². The first-order chi connectivity index (χ1) is 7.99. The summed E-state index contributed by atoms with van der Waals surface area (Å²) in [5.74, 6) is 0.227. The van der Waals surface area contributed by atoms with Gasteiger partial charge in [0.15, 0.2) is 0 Å². The molecule has 1 fully saturated rings. The van der Waals surface area contributed by atoms with Crippen molar-refractivity contribution in [3.8, 4) is 0 Å². The van der Waals surface area contributed by atoms with Gasteiger partial charge in [0.1, 0.15) is 6.04 Å². The fourth-order valence-electron chi connectivity index (χ4n) is 2.25. The number of hydrogen-bond acceptors (Lipinski definition) is 2. The fourth-order valence-corrected chi connectivity index (χ4v) is 2.25. The second-order valence-electron chi connectivity index (χ2n) is 5.18. The van der Waals surface area contributed by atoms with Gasteiger partial charge in [-0.1, -0.05) is 26.7 Å². The van der Waals surface area contributed by atoms with Gasteiger partial charge in [0.05, 0.1) is 0 Å². The molecular formula is C12H23N3O2. The van der Waals surface area contributed by atoms with Gasteiger partial charge in [-0.25, -0.2) is 4.79 Å². The number of carbonyl (C=O) groups excluding carboxylic acids is 2. The number of primary amides is 1. The minimum Gasteiger partial charge on any atom is -0.352 e. The Morgan fingerprint density at radius 2 is 1.88 bits per heavy atom. The van der Waals surface area contributed by atoms with Crippen LogP contribution >= 0.6 is 0 Å². The molecule has 17 heavy (non-hydrogen) atoms. The first-order valence-electron chi connectivity index (χ1n) is 6.35. The number of nitrogens with one attached hydrogen (secondary N) is 2. The number of nitrogens with two attached hydrogens (primary N) is 1. The molecule has 0 aliphatic heterocycles. The van der Waals surface area contributed by atoms with Gasteiger partial charge in [-0.2, -0.15) is 0 Å². The zero-order valence-electron chi connectivity index (χ0n) is 10.7. The first-order valence-corrected chi connectivity index (χ1v) is 6.35. The molecule has 1 unspecified atom stereocenters. The quantitative estimate of drug-likeness (QED) is 0.674. The van der Waals surface area contributed by atoms with Crippen LogP contribution in [-0.2, 0) is 4.79 Å². The SMILES string of the molecule is CC(C)CC(NC(N)=O)C(=O)NC1CCCC1. The van der Waals surface area contributed by atoms with Gasteiger partial charge in [0.2, 0.25) is 5.91 Å². The molecule has 3 amide bonds. The number of carbonyl (C=O) groups is 2. The lowest BCUT2D eigenvalue weighted by molar-refractivity contribution is -0.124. The molecule has 1 rings (SSSR count). The highest BCUT2D eigenvalue weighted by atomic mass is 16.2. The molecule has 4 N–H and O–H groups in total. The van der Waals surface area contributed by atoms with Crippen LogP contribution in [0.3, 0.4) is 0 Å². The molecule has 5 heteroatoms. The number of hydrogen-bond donors (Lipinski definition) is 3. The third-order valence-corrected chi connectivity index (χ3v) is 3.04. The normalized spacial score (nSPS) is 18.1. The van der Waals surface area contributed by atoms with E-state index in [-0.39, 0.29) is 11.9 Å². The minimum atomic E-state index is -0.641. The second kappa shape index (κ2) is 6.47. The molecule has 0 saturated heterocycles. The molecule has 0 radical (unpaired) electrons. The molecule has 0 bridgehead atoms. The molecule has 1 saturated carbocycles. The van der Waals surface area contributed by atoms with E-state index in [1.807, 2.05) is 13.8 Å². The Labute approximate surface area is 103 Å². The molecule has 98 valence electrons. The van der Waals surface area contributed by atoms with Crippen molar-refractivity contribution in [3.05, 3.63) is 0 Å². The summed E-state index contributed by atoms with van der Waals surface area (Å²) < 4.78 is 0. The highest BCUT2D eigenvalue weighted by Gasteiger charge is 2.24. The molecule has 1 aliphatic carbocycles. The molecule has 5 nitrogen and oxygen atoms in total. The highest BCUT2D eigenvalue weighted by Crippen LogP contribution is 2.18. The number of urea groups is 1. The summed E-state index contributed by atoms with van der Waals surface area (Å²) >= 11 is 0. The number of amides is 3. The van der Waals surface area contributed by atoms with Crippen LogP contribution < -0.4 is 16.4 Å². The topological polar surface area (TPSA) is 84.2 Å². The third-order valence-electron chi connectivity index (χ3n) is 3.04. The molecule has 1 atom stereocenters. The zero-order valence-corrected chi connectivity index (χ0v) is 10.7. The van der Waals surface area contributed by atoms with E-state index in [0.717, 1.165) is 12.8 Å². The molecule has 0 aromatic carbocycles. The lowest BCUT2D eigenvalue weighted by atomic mass is 10.0. The average molecular weight is 241 g/mol. The van der Waals surface area contributed by atoms with Gasteiger partial charge in [0.25, 0.3) is 0 Å². The standard InChI is InChI=1S/C12H23N3O2/c1-8(2)7-10(15-12(13)17)11(16)14-9-5-3-4-6-9/h8-10H,3-7H2,1-2H3,(H,14,16)(H3,13,15,17). The van der Waals surface area contributed by atoms with E-state index in [1.54, 1.807) is 0 Å². The second-order valence-corrected chi connectivity index (χ2v) is 5.18. The van der Waals surface area contributed by atoms with Crippen molar-refractivity contribution in [2.24, 2.45) is 11.7 Å². The fraction of sp³-hybridized carbons (Fsp3) is 0.833. The van der Waals surface area contributed by atoms with Crippen LogP contribution in [0, 0.1) is 5.92 Å². The summed E-state index contributed by atoms with van der Waals surface area (Å²) in [7, 11) is 0. The Morgan fingerprint density at radius 3 is 2.35 bits per heavy atom. The predicted octanol–water partition coefficient (Wildman–Crippen LogP) is 1.13. The van der Waals surface area contributed by atoms with Gasteiger partial charge in [-0.3, -0.25) is 4.79 Å². The Balaban J connectivity index is 2.48. The van der Waals surface area contributed by atoms with E-state index in [4.69, 9.17) is 5.73 Å². The molecule has 0 heterocycles. The van der Waals surface area contributed by atoms with Crippen molar-refractivity contribution in [3.63, 3.8) is 0 Å². The number of rotatable bonds is 5. The lowest BCUT2D eigenvalue weighted by Gasteiger charge is -2.21. The summed E-state index contributed by atoms with van der Waals surface area (Å²) in [6, 6.07) is -0.878. The van der Waals surface area contributed by atoms with Gasteiger partial charge in [-0.15, -0.1) is 0 Å². The van der Waals surface area contributed by atoms with Gasteiger partial charge in [-0.05, 0) is 25.2 Å². The van der Waals surface area contributed by atoms with Crippen LogP contribution in [0.5, 0.6) is 0 Å².